The summed E-state index contributed by atoms with van der Waals surface area (Å²) < 4.78 is 0. The zero-order valence-corrected chi connectivity index (χ0v) is 9.99. The molecule has 4 nitrogen and oxygen atoms in total. The Balaban J connectivity index is 2.10. The highest BCUT2D eigenvalue weighted by atomic mass is 16.4. The maximum Gasteiger partial charge on any atom is 0.337 e. The number of hydrogen-bond donors (Lipinski definition) is 3. The second-order valence-electron chi connectivity index (χ2n) is 5.09. The van der Waals surface area contributed by atoms with Gasteiger partial charge in [0.15, 0.2) is 0 Å². The Hall–Kier alpha value is -1.71. The molecule has 0 spiro atoms. The molecule has 0 heterocycles. The summed E-state index contributed by atoms with van der Waals surface area (Å²) in [6, 6.07) is 5.06. The fraction of sp³-hybridized carbons (Fsp3) is 0.462. The molecule has 0 aliphatic heterocycles. The molecule has 1 saturated carbocycles. The lowest BCUT2D eigenvalue weighted by Crippen LogP contribution is -2.33. The number of anilines is 2. The molecule has 1 fully saturated rings. The average Bonchev–Trinajstić information content (AvgIpc) is 2.25. The van der Waals surface area contributed by atoms with Crippen LogP contribution in [0.3, 0.4) is 0 Å². The van der Waals surface area contributed by atoms with Gasteiger partial charge in [0.25, 0.3) is 0 Å². The van der Waals surface area contributed by atoms with Crippen LogP contribution in [0.15, 0.2) is 18.2 Å². The van der Waals surface area contributed by atoms with Crippen LogP contribution < -0.4 is 11.1 Å². The first-order valence-electron chi connectivity index (χ1n) is 5.87. The number of carbonyl (C=O) groups is 1. The van der Waals surface area contributed by atoms with Crippen LogP contribution in [0.2, 0.25) is 0 Å². The summed E-state index contributed by atoms with van der Waals surface area (Å²) in [6.45, 7) is 3.08. The van der Waals surface area contributed by atoms with Crippen molar-refractivity contribution in [3.05, 3.63) is 23.8 Å². The van der Waals surface area contributed by atoms with Crippen LogP contribution in [0, 0.1) is 5.41 Å². The topological polar surface area (TPSA) is 75.3 Å². The Labute approximate surface area is 101 Å². The molecule has 17 heavy (non-hydrogen) atoms. The van der Waals surface area contributed by atoms with Crippen molar-refractivity contribution in [2.45, 2.75) is 26.2 Å². The molecule has 0 atom stereocenters. The van der Waals surface area contributed by atoms with Gasteiger partial charge in [-0.15, -0.1) is 0 Å². The molecular formula is C13H18N2O2. The van der Waals surface area contributed by atoms with Gasteiger partial charge in [-0.1, -0.05) is 19.4 Å². The molecule has 0 aromatic heterocycles. The summed E-state index contributed by atoms with van der Waals surface area (Å²) in [6.07, 6.45) is 3.72. The molecule has 2 rings (SSSR count). The highest BCUT2D eigenvalue weighted by molar-refractivity contribution is 5.97. The van der Waals surface area contributed by atoms with E-state index in [4.69, 9.17) is 10.8 Å². The largest absolute Gasteiger partial charge is 0.478 e. The summed E-state index contributed by atoms with van der Waals surface area (Å²) >= 11 is 0. The van der Waals surface area contributed by atoms with E-state index >= 15 is 0 Å². The van der Waals surface area contributed by atoms with Crippen molar-refractivity contribution < 1.29 is 9.90 Å². The van der Waals surface area contributed by atoms with Gasteiger partial charge in [0.1, 0.15) is 0 Å². The fourth-order valence-corrected chi connectivity index (χ4v) is 2.17. The summed E-state index contributed by atoms with van der Waals surface area (Å²) in [4.78, 5) is 10.9. The smallest absolute Gasteiger partial charge is 0.337 e. The van der Waals surface area contributed by atoms with E-state index < -0.39 is 5.97 Å². The molecule has 0 radical (unpaired) electrons. The monoisotopic (exact) mass is 234 g/mol. The third-order valence-corrected chi connectivity index (χ3v) is 3.60. The number of aromatic carboxylic acids is 1. The van der Waals surface area contributed by atoms with Crippen molar-refractivity contribution in [3.63, 3.8) is 0 Å². The number of nitrogen functional groups attached to an aromatic ring is 1. The number of rotatable bonds is 4. The average molecular weight is 234 g/mol. The first kappa shape index (κ1) is 11.8. The maximum atomic E-state index is 10.9. The number of nitrogens with two attached hydrogens (primary N) is 1. The minimum Gasteiger partial charge on any atom is -0.478 e. The third-order valence-electron chi connectivity index (χ3n) is 3.60. The van der Waals surface area contributed by atoms with E-state index in [9.17, 15) is 4.79 Å². The molecular weight excluding hydrogens is 216 g/mol. The predicted octanol–water partition coefficient (Wildman–Crippen LogP) is 2.57. The van der Waals surface area contributed by atoms with Crippen LogP contribution in [-0.4, -0.2) is 17.6 Å². The quantitative estimate of drug-likeness (QED) is 0.700. The van der Waals surface area contributed by atoms with Crippen molar-refractivity contribution in [2.75, 3.05) is 17.6 Å². The van der Waals surface area contributed by atoms with Crippen LogP contribution >= 0.6 is 0 Å². The van der Waals surface area contributed by atoms with Crippen LogP contribution in [0.1, 0.15) is 36.5 Å². The van der Waals surface area contributed by atoms with Crippen molar-refractivity contribution in [1.82, 2.24) is 0 Å². The Morgan fingerprint density at radius 2 is 2.24 bits per heavy atom. The zero-order chi connectivity index (χ0) is 12.5. The molecule has 0 saturated heterocycles. The van der Waals surface area contributed by atoms with Gasteiger partial charge in [0.2, 0.25) is 0 Å². The first-order chi connectivity index (χ1) is 8.02. The summed E-state index contributed by atoms with van der Waals surface area (Å²) in [5.74, 6) is -0.985. The molecule has 0 amide bonds. The van der Waals surface area contributed by atoms with E-state index in [0.29, 0.717) is 11.1 Å². The molecule has 1 aromatic rings. The van der Waals surface area contributed by atoms with Gasteiger partial charge in [-0.05, 0) is 30.4 Å². The van der Waals surface area contributed by atoms with Gasteiger partial charge in [-0.3, -0.25) is 0 Å². The SMILES string of the molecule is CC1(CNc2cccc(C(=O)O)c2N)CCC1. The third kappa shape index (κ3) is 2.35. The minimum atomic E-state index is -0.985. The van der Waals surface area contributed by atoms with Gasteiger partial charge in [0, 0.05) is 6.54 Å². The highest BCUT2D eigenvalue weighted by Crippen LogP contribution is 2.40. The van der Waals surface area contributed by atoms with E-state index in [2.05, 4.69) is 12.2 Å². The van der Waals surface area contributed by atoms with Gasteiger partial charge in [-0.25, -0.2) is 4.79 Å². The van der Waals surface area contributed by atoms with Crippen molar-refractivity contribution in [3.8, 4) is 0 Å². The van der Waals surface area contributed by atoms with E-state index in [0.717, 1.165) is 12.2 Å². The Morgan fingerprint density at radius 3 is 2.76 bits per heavy atom. The van der Waals surface area contributed by atoms with Crippen LogP contribution in [0.25, 0.3) is 0 Å². The second kappa shape index (κ2) is 4.28. The van der Waals surface area contributed by atoms with Crippen molar-refractivity contribution >= 4 is 17.3 Å². The Morgan fingerprint density at radius 1 is 1.53 bits per heavy atom. The lowest BCUT2D eigenvalue weighted by Gasteiger charge is -2.38. The molecule has 0 unspecified atom stereocenters. The van der Waals surface area contributed by atoms with Crippen LogP contribution in [0.5, 0.6) is 0 Å². The zero-order valence-electron chi connectivity index (χ0n) is 9.99. The number of para-hydroxylation sites is 1. The normalized spacial score (nSPS) is 17.2. The van der Waals surface area contributed by atoms with Gasteiger partial charge >= 0.3 is 5.97 Å². The maximum absolute atomic E-state index is 10.9. The number of hydrogen-bond acceptors (Lipinski definition) is 3. The van der Waals surface area contributed by atoms with Crippen molar-refractivity contribution in [2.24, 2.45) is 5.41 Å². The predicted molar refractivity (Wildman–Crippen MR) is 68.3 cm³/mol. The molecule has 92 valence electrons. The molecule has 4 N–H and O–H groups in total. The van der Waals surface area contributed by atoms with E-state index in [1.165, 1.54) is 25.3 Å². The lowest BCUT2D eigenvalue weighted by molar-refractivity contribution is 0.0698. The standard InChI is InChI=1S/C13H18N2O2/c1-13(6-3-7-13)8-15-10-5-2-4-9(11(10)14)12(16)17/h2,4-5,15H,3,6-8,14H2,1H3,(H,16,17). The molecule has 1 aromatic carbocycles. The molecule has 1 aliphatic carbocycles. The Kier molecular flexibility index (Phi) is 2.96. The number of carboxylic acids is 1. The van der Waals surface area contributed by atoms with E-state index in [1.807, 2.05) is 6.07 Å². The Bertz CT molecular complexity index is 439. The molecule has 1 aliphatic rings. The molecule has 0 bridgehead atoms. The number of benzene rings is 1. The van der Waals surface area contributed by atoms with Crippen LogP contribution in [-0.2, 0) is 0 Å². The summed E-state index contributed by atoms with van der Waals surface area (Å²) in [5, 5.41) is 12.2. The first-order valence-corrected chi connectivity index (χ1v) is 5.87. The highest BCUT2D eigenvalue weighted by Gasteiger charge is 2.31. The number of carboxylic acid groups (broad SMARTS) is 1. The summed E-state index contributed by atoms with van der Waals surface area (Å²) in [7, 11) is 0. The summed E-state index contributed by atoms with van der Waals surface area (Å²) in [5.41, 5.74) is 7.37. The van der Waals surface area contributed by atoms with Gasteiger partial charge in [-0.2, -0.15) is 0 Å². The second-order valence-corrected chi connectivity index (χ2v) is 5.09. The van der Waals surface area contributed by atoms with Crippen LogP contribution in [0.4, 0.5) is 11.4 Å². The number of nitrogens with one attached hydrogen (secondary N) is 1. The minimum absolute atomic E-state index is 0.161. The van der Waals surface area contributed by atoms with Gasteiger partial charge < -0.3 is 16.2 Å². The van der Waals surface area contributed by atoms with Gasteiger partial charge in [0.05, 0.1) is 16.9 Å². The fourth-order valence-electron chi connectivity index (χ4n) is 2.17. The molecule has 4 heteroatoms. The van der Waals surface area contributed by atoms with Crippen molar-refractivity contribution in [1.29, 1.82) is 0 Å². The van der Waals surface area contributed by atoms with E-state index in [-0.39, 0.29) is 5.56 Å². The van der Waals surface area contributed by atoms with E-state index in [1.54, 1.807) is 6.07 Å². The lowest BCUT2D eigenvalue weighted by atomic mass is 9.70.